The monoisotopic (exact) mass is 761 g/mol. The molecule has 2 N–H and O–H groups in total. The first-order valence-corrected chi connectivity index (χ1v) is 19.7. The minimum Gasteiger partial charge on any atom is -0.371 e. The van der Waals surface area contributed by atoms with Crippen LogP contribution in [0.25, 0.3) is 4.85 Å². The van der Waals surface area contributed by atoms with Crippen LogP contribution in [0.1, 0.15) is 100 Å². The van der Waals surface area contributed by atoms with Gasteiger partial charge in [-0.3, -0.25) is 39.1 Å². The topological polar surface area (TPSA) is 127 Å². The lowest BCUT2D eigenvalue weighted by Gasteiger charge is -2.38. The van der Waals surface area contributed by atoms with Crippen molar-refractivity contribution in [1.82, 2.24) is 20.4 Å². The molecule has 1 unspecified atom stereocenters. The van der Waals surface area contributed by atoms with Crippen molar-refractivity contribution in [3.8, 4) is 0 Å². The molecule has 1 aliphatic carbocycles. The first kappa shape index (κ1) is 36.7. The molecule has 0 spiro atoms. The predicted octanol–water partition coefficient (Wildman–Crippen LogP) is 5.84. The second kappa shape index (κ2) is 15.1. The maximum Gasteiger partial charge on any atom is 0.262 e. The fourth-order valence-electron chi connectivity index (χ4n) is 9.18. The number of halogens is 1. The van der Waals surface area contributed by atoms with Gasteiger partial charge in [0.05, 0.1) is 17.7 Å². The maximum absolute atomic E-state index is 13.3. The fourth-order valence-corrected chi connectivity index (χ4v) is 9.40. The number of carbonyl (C=O) groups is 5. The number of benzene rings is 3. The van der Waals surface area contributed by atoms with E-state index in [1.165, 1.54) is 0 Å². The number of nitrogens with zero attached hydrogens (tertiary/aromatic N) is 5. The van der Waals surface area contributed by atoms with Crippen molar-refractivity contribution in [2.24, 2.45) is 0 Å². The Kier molecular flexibility index (Phi) is 10.1. The molecule has 284 valence electrons. The van der Waals surface area contributed by atoms with Crippen molar-refractivity contribution in [1.29, 1.82) is 0 Å². The maximum atomic E-state index is 13.3. The zero-order valence-electron chi connectivity index (χ0n) is 30.9. The smallest absolute Gasteiger partial charge is 0.262 e. The summed E-state index contributed by atoms with van der Waals surface area (Å²) in [5.41, 5.74) is 5.98. The number of anilines is 2. The standard InChI is InChI=1S/C42H44ClN7O5/c1-3-49(32-12-13-36(44-2)35(43)22-32)31-10-6-28(7-11-31)45-39(52)25-4-8-29(9-5-25)47-18-16-30(17-19-47)48-23-26-20-33-34(21-27(26)24-48)42(55)50(41(33)54)37-14-15-38(51)46-40(37)53/h4-5,8-9,12-13,20-22,28,30-31,37H,3,6-7,10-11,14-19,23-24H2,1H3,(H,45,52)(H,46,51,53). The predicted molar refractivity (Wildman–Crippen MR) is 208 cm³/mol. The zero-order valence-corrected chi connectivity index (χ0v) is 31.6. The van der Waals surface area contributed by atoms with Crippen molar-refractivity contribution in [3.05, 3.63) is 98.9 Å². The summed E-state index contributed by atoms with van der Waals surface area (Å²) in [6.07, 6.45) is 5.90. The van der Waals surface area contributed by atoms with E-state index < -0.39 is 23.8 Å². The summed E-state index contributed by atoms with van der Waals surface area (Å²) < 4.78 is 0. The molecule has 2 saturated heterocycles. The molecule has 13 heteroatoms. The molecule has 55 heavy (non-hydrogen) atoms. The van der Waals surface area contributed by atoms with Crippen LogP contribution in [0.2, 0.25) is 5.02 Å². The molecule has 5 amide bonds. The molecule has 4 aliphatic heterocycles. The van der Waals surface area contributed by atoms with Gasteiger partial charge in [0.2, 0.25) is 17.5 Å². The van der Waals surface area contributed by atoms with Crippen LogP contribution in [0.15, 0.2) is 54.6 Å². The number of hydrogen-bond donors (Lipinski definition) is 2. The van der Waals surface area contributed by atoms with Crippen molar-refractivity contribution in [2.75, 3.05) is 29.4 Å². The lowest BCUT2D eigenvalue weighted by molar-refractivity contribution is -0.136. The summed E-state index contributed by atoms with van der Waals surface area (Å²) in [5.74, 6) is -1.98. The highest BCUT2D eigenvalue weighted by Gasteiger charge is 2.45. The summed E-state index contributed by atoms with van der Waals surface area (Å²) in [6, 6.07) is 17.1. The van der Waals surface area contributed by atoms with Crippen LogP contribution in [0.3, 0.4) is 0 Å². The van der Waals surface area contributed by atoms with Crippen LogP contribution in [-0.2, 0) is 22.7 Å². The van der Waals surface area contributed by atoms with Gasteiger partial charge in [-0.15, -0.1) is 0 Å². The quantitative estimate of drug-likeness (QED) is 0.217. The van der Waals surface area contributed by atoms with E-state index in [1.807, 2.05) is 48.5 Å². The molecule has 8 rings (SSSR count). The minimum absolute atomic E-state index is 0.0470. The summed E-state index contributed by atoms with van der Waals surface area (Å²) >= 11 is 6.33. The SMILES string of the molecule is [C-]#[N+]c1ccc(N(CC)C2CCC(NC(=O)c3ccc(N4CCC(N5Cc6cc7c(cc6C5)C(=O)N(C5CCC(=O)NC5=O)C7=O)CC4)cc3)CC2)cc1Cl. The lowest BCUT2D eigenvalue weighted by atomic mass is 9.89. The molecule has 1 saturated carbocycles. The van der Waals surface area contributed by atoms with Crippen molar-refractivity contribution in [3.63, 3.8) is 0 Å². The number of nitrogens with one attached hydrogen (secondary N) is 2. The van der Waals surface area contributed by atoms with E-state index in [1.54, 1.807) is 6.07 Å². The molecule has 1 atom stereocenters. The Hall–Kier alpha value is -5.25. The van der Waals surface area contributed by atoms with Crippen LogP contribution in [0.4, 0.5) is 17.1 Å². The summed E-state index contributed by atoms with van der Waals surface area (Å²) in [6.45, 7) is 13.4. The molecule has 3 aromatic carbocycles. The van der Waals surface area contributed by atoms with Gasteiger partial charge in [-0.1, -0.05) is 17.7 Å². The molecule has 0 radical (unpaired) electrons. The Balaban J connectivity index is 0.809. The van der Waals surface area contributed by atoms with E-state index in [9.17, 15) is 24.0 Å². The highest BCUT2D eigenvalue weighted by molar-refractivity contribution is 6.33. The van der Waals surface area contributed by atoms with Gasteiger partial charge < -0.3 is 15.1 Å². The molecule has 12 nitrogen and oxygen atoms in total. The number of piperidine rings is 2. The largest absolute Gasteiger partial charge is 0.371 e. The molecule has 4 heterocycles. The van der Waals surface area contributed by atoms with Crippen molar-refractivity contribution in [2.45, 2.75) is 95.5 Å². The Morgan fingerprint density at radius 1 is 0.891 bits per heavy atom. The zero-order chi connectivity index (χ0) is 38.4. The van der Waals surface area contributed by atoms with Gasteiger partial charge in [0, 0.05) is 79.2 Å². The Bertz CT molecular complexity index is 2050. The summed E-state index contributed by atoms with van der Waals surface area (Å²) in [4.78, 5) is 75.6. The molecular weight excluding hydrogens is 718 g/mol. The Labute approximate surface area is 325 Å². The summed E-state index contributed by atoms with van der Waals surface area (Å²) in [5, 5.41) is 5.99. The first-order valence-electron chi connectivity index (χ1n) is 19.3. The third kappa shape index (κ3) is 7.07. The molecule has 5 aliphatic rings. The number of rotatable bonds is 8. The molecule has 3 fully saturated rings. The summed E-state index contributed by atoms with van der Waals surface area (Å²) in [7, 11) is 0. The Morgan fingerprint density at radius 3 is 2.13 bits per heavy atom. The number of carbonyl (C=O) groups excluding carboxylic acids is 5. The van der Waals surface area contributed by atoms with Gasteiger partial charge in [-0.25, -0.2) is 4.85 Å². The average molecular weight is 762 g/mol. The van der Waals surface area contributed by atoms with Gasteiger partial charge in [-0.05, 0) is 112 Å². The van der Waals surface area contributed by atoms with Gasteiger partial charge in [0.1, 0.15) is 6.04 Å². The van der Waals surface area contributed by atoms with Gasteiger partial charge in [-0.2, -0.15) is 0 Å². The van der Waals surface area contributed by atoms with Crippen LogP contribution in [0.5, 0.6) is 0 Å². The number of hydrogen-bond acceptors (Lipinski definition) is 8. The van der Waals surface area contributed by atoms with E-state index in [0.717, 1.165) is 85.6 Å². The van der Waals surface area contributed by atoms with Crippen molar-refractivity contribution < 1.29 is 24.0 Å². The molecule has 0 bridgehead atoms. The third-order valence-electron chi connectivity index (χ3n) is 12.2. The van der Waals surface area contributed by atoms with Gasteiger partial charge in [0.15, 0.2) is 0 Å². The number of amides is 5. The molecular formula is C42H44ClN7O5. The van der Waals surface area contributed by atoms with E-state index in [0.29, 0.717) is 52.6 Å². The van der Waals surface area contributed by atoms with E-state index >= 15 is 0 Å². The van der Waals surface area contributed by atoms with Gasteiger partial charge >= 0.3 is 0 Å². The number of imide groups is 2. The van der Waals surface area contributed by atoms with Crippen molar-refractivity contribution >= 4 is 58.2 Å². The third-order valence-corrected chi connectivity index (χ3v) is 12.5. The highest BCUT2D eigenvalue weighted by Crippen LogP contribution is 2.37. The highest BCUT2D eigenvalue weighted by atomic mass is 35.5. The van der Waals surface area contributed by atoms with E-state index in [2.05, 4.69) is 37.1 Å². The second-order valence-corrected chi connectivity index (χ2v) is 15.7. The van der Waals surface area contributed by atoms with Crippen LogP contribution in [-0.4, -0.2) is 83.1 Å². The fraction of sp³-hybridized carbons (Fsp3) is 0.429. The minimum atomic E-state index is -0.965. The van der Waals surface area contributed by atoms with E-state index in [-0.39, 0.29) is 30.7 Å². The number of fused-ring (bicyclic) bond motifs is 2. The molecule has 3 aromatic rings. The normalized spacial score (nSPS) is 23.0. The van der Waals surface area contributed by atoms with Crippen LogP contribution >= 0.6 is 11.6 Å². The Morgan fingerprint density at radius 2 is 1.55 bits per heavy atom. The molecule has 0 aromatic heterocycles. The van der Waals surface area contributed by atoms with Crippen LogP contribution in [0, 0.1) is 6.57 Å². The van der Waals surface area contributed by atoms with E-state index in [4.69, 9.17) is 18.2 Å². The van der Waals surface area contributed by atoms with Gasteiger partial charge in [0.25, 0.3) is 17.7 Å². The van der Waals surface area contributed by atoms with Crippen LogP contribution < -0.4 is 20.4 Å². The average Bonchev–Trinajstić information content (AvgIpc) is 3.72. The first-order chi connectivity index (χ1) is 26.6. The lowest BCUT2D eigenvalue weighted by Crippen LogP contribution is -2.54. The second-order valence-electron chi connectivity index (χ2n) is 15.3.